The molecule has 0 bridgehead atoms. The zero-order chi connectivity index (χ0) is 15.2. The standard InChI is InChI=1S/C17H19N3OS/c21-17(20-14-4-3-10-18-12-14)13-6-8-15(9-7-13)22-16-5-1-2-11-19-16/h1-2,5-9,11,14,18H,3-4,10,12H2,(H,20,21)/t14-/m0/s1. The molecule has 1 atom stereocenters. The number of carbonyl (C=O) groups excluding carboxylic acids is 1. The SMILES string of the molecule is O=C(N[C@H]1CCCNC1)c1ccc(Sc2ccccn2)cc1. The van der Waals surface area contributed by atoms with Crippen LogP contribution in [0, 0.1) is 0 Å². The molecule has 5 heteroatoms. The Morgan fingerprint density at radius 3 is 2.77 bits per heavy atom. The lowest BCUT2D eigenvalue weighted by molar-refractivity contribution is 0.0930. The number of hydrogen-bond acceptors (Lipinski definition) is 4. The van der Waals surface area contributed by atoms with Crippen LogP contribution >= 0.6 is 11.8 Å². The first kappa shape index (κ1) is 15.1. The number of piperidine rings is 1. The van der Waals surface area contributed by atoms with E-state index in [1.165, 1.54) is 0 Å². The summed E-state index contributed by atoms with van der Waals surface area (Å²) in [5.74, 6) is 0.00286. The van der Waals surface area contributed by atoms with E-state index < -0.39 is 0 Å². The Bertz CT molecular complexity index is 610. The molecular weight excluding hydrogens is 294 g/mol. The summed E-state index contributed by atoms with van der Waals surface area (Å²) in [4.78, 5) is 17.6. The highest BCUT2D eigenvalue weighted by atomic mass is 32.2. The Hall–Kier alpha value is -1.85. The maximum Gasteiger partial charge on any atom is 0.251 e. The van der Waals surface area contributed by atoms with Crippen molar-refractivity contribution in [3.8, 4) is 0 Å². The van der Waals surface area contributed by atoms with Gasteiger partial charge in [0.15, 0.2) is 0 Å². The molecule has 2 aromatic rings. The minimum Gasteiger partial charge on any atom is -0.348 e. The fourth-order valence-corrected chi connectivity index (χ4v) is 3.22. The van der Waals surface area contributed by atoms with E-state index in [9.17, 15) is 4.79 Å². The van der Waals surface area contributed by atoms with E-state index in [-0.39, 0.29) is 11.9 Å². The maximum absolute atomic E-state index is 12.2. The first-order valence-electron chi connectivity index (χ1n) is 7.52. The number of rotatable bonds is 4. The van der Waals surface area contributed by atoms with Crippen molar-refractivity contribution in [3.05, 3.63) is 54.2 Å². The summed E-state index contributed by atoms with van der Waals surface area (Å²) >= 11 is 1.59. The van der Waals surface area contributed by atoms with Crippen LogP contribution in [0.15, 0.2) is 58.6 Å². The summed E-state index contributed by atoms with van der Waals surface area (Å²) in [6.45, 7) is 1.91. The number of aromatic nitrogens is 1. The van der Waals surface area contributed by atoms with E-state index in [4.69, 9.17) is 0 Å². The molecule has 1 saturated heterocycles. The van der Waals surface area contributed by atoms with Crippen LogP contribution in [0.25, 0.3) is 0 Å². The number of hydrogen-bond donors (Lipinski definition) is 2. The zero-order valence-electron chi connectivity index (χ0n) is 12.3. The largest absolute Gasteiger partial charge is 0.348 e. The van der Waals surface area contributed by atoms with Crippen LogP contribution in [0.3, 0.4) is 0 Å². The van der Waals surface area contributed by atoms with Crippen LogP contribution in [-0.2, 0) is 0 Å². The second-order valence-electron chi connectivity index (χ2n) is 5.31. The number of amides is 1. The van der Waals surface area contributed by atoms with Crippen molar-refractivity contribution in [2.45, 2.75) is 28.8 Å². The predicted octanol–water partition coefficient (Wildman–Crippen LogP) is 2.71. The topological polar surface area (TPSA) is 54.0 Å². The maximum atomic E-state index is 12.2. The molecule has 1 amide bonds. The van der Waals surface area contributed by atoms with Gasteiger partial charge in [-0.2, -0.15) is 0 Å². The smallest absolute Gasteiger partial charge is 0.251 e. The van der Waals surface area contributed by atoms with Gasteiger partial charge in [-0.15, -0.1) is 0 Å². The average molecular weight is 313 g/mol. The van der Waals surface area contributed by atoms with Crippen molar-refractivity contribution in [3.63, 3.8) is 0 Å². The van der Waals surface area contributed by atoms with Gasteiger partial charge >= 0.3 is 0 Å². The van der Waals surface area contributed by atoms with Gasteiger partial charge in [0.05, 0.1) is 0 Å². The summed E-state index contributed by atoms with van der Waals surface area (Å²) in [5.41, 5.74) is 0.705. The number of pyridine rings is 1. The third kappa shape index (κ3) is 4.08. The van der Waals surface area contributed by atoms with Crippen molar-refractivity contribution in [1.82, 2.24) is 15.6 Å². The van der Waals surface area contributed by atoms with E-state index in [1.807, 2.05) is 42.5 Å². The van der Waals surface area contributed by atoms with Crippen LogP contribution in [-0.4, -0.2) is 30.0 Å². The van der Waals surface area contributed by atoms with Gasteiger partial charge in [0.1, 0.15) is 5.03 Å². The summed E-state index contributed by atoms with van der Waals surface area (Å²) in [6.07, 6.45) is 3.94. The normalized spacial score (nSPS) is 17.9. The minimum absolute atomic E-state index is 0.00286. The number of nitrogens with one attached hydrogen (secondary N) is 2. The van der Waals surface area contributed by atoms with Gasteiger partial charge in [-0.05, 0) is 55.8 Å². The Morgan fingerprint density at radius 2 is 2.09 bits per heavy atom. The highest BCUT2D eigenvalue weighted by Gasteiger charge is 2.16. The summed E-state index contributed by atoms with van der Waals surface area (Å²) in [5, 5.41) is 7.34. The van der Waals surface area contributed by atoms with E-state index in [0.29, 0.717) is 5.56 Å². The minimum atomic E-state index is 0.00286. The average Bonchev–Trinajstić information content (AvgIpc) is 2.57. The van der Waals surface area contributed by atoms with E-state index in [0.717, 1.165) is 35.9 Å². The quantitative estimate of drug-likeness (QED) is 0.911. The Morgan fingerprint density at radius 1 is 1.23 bits per heavy atom. The van der Waals surface area contributed by atoms with Crippen LogP contribution in [0.4, 0.5) is 0 Å². The molecule has 2 heterocycles. The highest BCUT2D eigenvalue weighted by Crippen LogP contribution is 2.25. The van der Waals surface area contributed by atoms with Gasteiger partial charge in [0, 0.05) is 29.2 Å². The Balaban J connectivity index is 1.59. The van der Waals surface area contributed by atoms with Crippen molar-refractivity contribution in [2.24, 2.45) is 0 Å². The second-order valence-corrected chi connectivity index (χ2v) is 6.40. The zero-order valence-corrected chi connectivity index (χ0v) is 13.1. The first-order chi connectivity index (χ1) is 10.8. The molecule has 0 spiro atoms. The molecule has 3 rings (SSSR count). The van der Waals surface area contributed by atoms with Crippen LogP contribution < -0.4 is 10.6 Å². The third-order valence-corrected chi connectivity index (χ3v) is 4.57. The fourth-order valence-electron chi connectivity index (χ4n) is 2.45. The van der Waals surface area contributed by atoms with Crippen molar-refractivity contribution in [1.29, 1.82) is 0 Å². The lowest BCUT2D eigenvalue weighted by Crippen LogP contribution is -2.45. The lowest BCUT2D eigenvalue weighted by Gasteiger charge is -2.23. The van der Waals surface area contributed by atoms with Crippen LogP contribution in [0.5, 0.6) is 0 Å². The van der Waals surface area contributed by atoms with Crippen molar-refractivity contribution in [2.75, 3.05) is 13.1 Å². The molecule has 1 aliphatic rings. The summed E-state index contributed by atoms with van der Waals surface area (Å²) in [6, 6.07) is 13.8. The fraction of sp³-hybridized carbons (Fsp3) is 0.294. The van der Waals surface area contributed by atoms with Crippen LogP contribution in [0.2, 0.25) is 0 Å². The molecule has 0 radical (unpaired) electrons. The van der Waals surface area contributed by atoms with E-state index >= 15 is 0 Å². The molecule has 2 N–H and O–H groups in total. The Labute approximate surface area is 134 Å². The van der Waals surface area contributed by atoms with Gasteiger partial charge in [-0.3, -0.25) is 4.79 Å². The molecule has 22 heavy (non-hydrogen) atoms. The molecule has 1 aromatic heterocycles. The van der Waals surface area contributed by atoms with Gasteiger partial charge in [-0.1, -0.05) is 17.8 Å². The molecule has 1 aromatic carbocycles. The van der Waals surface area contributed by atoms with Gasteiger partial charge < -0.3 is 10.6 Å². The third-order valence-electron chi connectivity index (χ3n) is 3.61. The monoisotopic (exact) mass is 313 g/mol. The lowest BCUT2D eigenvalue weighted by atomic mass is 10.1. The molecule has 0 saturated carbocycles. The predicted molar refractivity (Wildman–Crippen MR) is 88.2 cm³/mol. The van der Waals surface area contributed by atoms with Crippen molar-refractivity contribution < 1.29 is 4.79 Å². The van der Waals surface area contributed by atoms with E-state index in [2.05, 4.69) is 15.6 Å². The Kier molecular flexibility index (Phi) is 5.08. The highest BCUT2D eigenvalue weighted by molar-refractivity contribution is 7.99. The van der Waals surface area contributed by atoms with Gasteiger partial charge in [0.25, 0.3) is 5.91 Å². The van der Waals surface area contributed by atoms with E-state index in [1.54, 1.807) is 18.0 Å². The number of nitrogens with zero attached hydrogens (tertiary/aromatic N) is 1. The summed E-state index contributed by atoms with van der Waals surface area (Å²) < 4.78 is 0. The molecule has 0 aliphatic carbocycles. The summed E-state index contributed by atoms with van der Waals surface area (Å²) in [7, 11) is 0. The van der Waals surface area contributed by atoms with Gasteiger partial charge in [0.2, 0.25) is 0 Å². The molecule has 114 valence electrons. The van der Waals surface area contributed by atoms with Crippen LogP contribution in [0.1, 0.15) is 23.2 Å². The molecule has 4 nitrogen and oxygen atoms in total. The van der Waals surface area contributed by atoms with Crippen molar-refractivity contribution >= 4 is 17.7 Å². The number of carbonyl (C=O) groups is 1. The molecule has 1 aliphatic heterocycles. The first-order valence-corrected chi connectivity index (χ1v) is 8.33. The molecular formula is C17H19N3OS. The number of benzene rings is 1. The molecule has 0 unspecified atom stereocenters. The second kappa shape index (κ2) is 7.42. The van der Waals surface area contributed by atoms with Gasteiger partial charge in [-0.25, -0.2) is 4.98 Å². The molecule has 1 fully saturated rings.